The summed E-state index contributed by atoms with van der Waals surface area (Å²) < 4.78 is 27.2. The molecule has 1 aliphatic heterocycles. The highest BCUT2D eigenvalue weighted by atomic mass is 19.1. The Bertz CT molecular complexity index is 678. The second-order valence-corrected chi connectivity index (χ2v) is 6.12. The molecule has 1 N–H and O–H groups in total. The number of piperidine rings is 1. The van der Waals surface area contributed by atoms with E-state index in [-0.39, 0.29) is 17.5 Å². The number of benzene rings is 2. The minimum absolute atomic E-state index is 0.212. The van der Waals surface area contributed by atoms with Gasteiger partial charge in [0, 0.05) is 12.5 Å². The largest absolute Gasteiger partial charge is 0.321 e. The summed E-state index contributed by atoms with van der Waals surface area (Å²) in [7, 11) is 0. The van der Waals surface area contributed by atoms with Crippen LogP contribution in [0.1, 0.15) is 18.4 Å². The van der Waals surface area contributed by atoms with Crippen molar-refractivity contribution in [2.24, 2.45) is 5.92 Å². The Balaban J connectivity index is 1.54. The van der Waals surface area contributed by atoms with Gasteiger partial charge in [-0.25, -0.2) is 8.78 Å². The highest BCUT2D eigenvalue weighted by Crippen LogP contribution is 2.23. The van der Waals surface area contributed by atoms with Gasteiger partial charge in [0.1, 0.15) is 17.3 Å². The molecule has 0 atom stereocenters. The summed E-state index contributed by atoms with van der Waals surface area (Å²) in [5.74, 6) is -2.01. The van der Waals surface area contributed by atoms with Gasteiger partial charge in [0.05, 0.1) is 0 Å². The van der Waals surface area contributed by atoms with Gasteiger partial charge in [-0.3, -0.25) is 9.69 Å². The molecule has 1 heterocycles. The monoisotopic (exact) mass is 330 g/mol. The van der Waals surface area contributed by atoms with Gasteiger partial charge in [-0.05, 0) is 43.6 Å². The Hall–Kier alpha value is -2.27. The van der Waals surface area contributed by atoms with E-state index in [4.69, 9.17) is 0 Å². The SMILES string of the molecule is O=C(Nc1c(F)cccc1F)C1CCN(Cc2ccccc2)CC1. The fourth-order valence-corrected chi connectivity index (χ4v) is 3.04. The lowest BCUT2D eigenvalue weighted by Gasteiger charge is -2.31. The number of hydrogen-bond acceptors (Lipinski definition) is 2. The van der Waals surface area contributed by atoms with Crippen molar-refractivity contribution in [3.8, 4) is 0 Å². The van der Waals surface area contributed by atoms with E-state index in [1.807, 2.05) is 18.2 Å². The summed E-state index contributed by atoms with van der Waals surface area (Å²) in [6.45, 7) is 2.45. The van der Waals surface area contributed by atoms with Crippen molar-refractivity contribution in [3.63, 3.8) is 0 Å². The molecule has 1 fully saturated rings. The zero-order valence-corrected chi connectivity index (χ0v) is 13.3. The average Bonchev–Trinajstić information content (AvgIpc) is 2.60. The van der Waals surface area contributed by atoms with Crippen LogP contribution >= 0.6 is 0 Å². The van der Waals surface area contributed by atoms with Crippen molar-refractivity contribution >= 4 is 11.6 Å². The van der Waals surface area contributed by atoms with Crippen LogP contribution in [0.25, 0.3) is 0 Å². The third-order valence-corrected chi connectivity index (χ3v) is 4.42. The van der Waals surface area contributed by atoms with Gasteiger partial charge in [0.2, 0.25) is 5.91 Å². The molecular weight excluding hydrogens is 310 g/mol. The number of anilines is 1. The van der Waals surface area contributed by atoms with E-state index in [1.54, 1.807) is 0 Å². The van der Waals surface area contributed by atoms with E-state index in [9.17, 15) is 13.6 Å². The number of halogens is 2. The topological polar surface area (TPSA) is 32.3 Å². The third kappa shape index (κ3) is 3.97. The maximum atomic E-state index is 13.6. The molecule has 5 heteroatoms. The van der Waals surface area contributed by atoms with Crippen molar-refractivity contribution in [1.29, 1.82) is 0 Å². The maximum Gasteiger partial charge on any atom is 0.227 e. The molecule has 2 aromatic rings. The molecule has 1 aliphatic rings. The minimum atomic E-state index is -0.745. The number of para-hydroxylation sites is 1. The number of likely N-dealkylation sites (tertiary alicyclic amines) is 1. The number of amides is 1. The van der Waals surface area contributed by atoms with Crippen LogP contribution in [0.5, 0.6) is 0 Å². The van der Waals surface area contributed by atoms with Crippen LogP contribution in [0.15, 0.2) is 48.5 Å². The number of nitrogens with zero attached hydrogens (tertiary/aromatic N) is 1. The first-order valence-corrected chi connectivity index (χ1v) is 8.14. The predicted molar refractivity (Wildman–Crippen MR) is 89.4 cm³/mol. The Labute approximate surface area is 140 Å². The lowest BCUT2D eigenvalue weighted by Crippen LogP contribution is -2.38. The van der Waals surface area contributed by atoms with Crippen molar-refractivity contribution in [2.75, 3.05) is 18.4 Å². The van der Waals surface area contributed by atoms with Crippen LogP contribution in [0.3, 0.4) is 0 Å². The van der Waals surface area contributed by atoms with Gasteiger partial charge >= 0.3 is 0 Å². The molecule has 0 aromatic heterocycles. The van der Waals surface area contributed by atoms with E-state index >= 15 is 0 Å². The molecule has 0 bridgehead atoms. The average molecular weight is 330 g/mol. The van der Waals surface area contributed by atoms with Gasteiger partial charge in [0.25, 0.3) is 0 Å². The van der Waals surface area contributed by atoms with Crippen molar-refractivity contribution in [1.82, 2.24) is 4.90 Å². The maximum absolute atomic E-state index is 13.6. The smallest absolute Gasteiger partial charge is 0.227 e. The van der Waals surface area contributed by atoms with Crippen LogP contribution in [-0.2, 0) is 11.3 Å². The van der Waals surface area contributed by atoms with E-state index < -0.39 is 11.6 Å². The molecular formula is C19H20F2N2O. The zero-order chi connectivity index (χ0) is 16.9. The van der Waals surface area contributed by atoms with E-state index in [2.05, 4.69) is 22.3 Å². The van der Waals surface area contributed by atoms with Crippen molar-refractivity contribution in [2.45, 2.75) is 19.4 Å². The molecule has 2 aromatic carbocycles. The lowest BCUT2D eigenvalue weighted by atomic mass is 9.95. The first-order chi connectivity index (χ1) is 11.6. The van der Waals surface area contributed by atoms with E-state index in [0.29, 0.717) is 12.8 Å². The summed E-state index contributed by atoms with van der Waals surface area (Å²) in [5, 5.41) is 2.41. The molecule has 126 valence electrons. The van der Waals surface area contributed by atoms with Gasteiger partial charge < -0.3 is 5.32 Å². The first kappa shape index (κ1) is 16.6. The van der Waals surface area contributed by atoms with Gasteiger partial charge in [-0.15, -0.1) is 0 Å². The summed E-state index contributed by atoms with van der Waals surface area (Å²) in [4.78, 5) is 14.6. The van der Waals surface area contributed by atoms with E-state index in [0.717, 1.165) is 31.8 Å². The second-order valence-electron chi connectivity index (χ2n) is 6.12. The summed E-state index contributed by atoms with van der Waals surface area (Å²) in [6, 6.07) is 13.7. The first-order valence-electron chi connectivity index (χ1n) is 8.14. The summed E-state index contributed by atoms with van der Waals surface area (Å²) in [6.07, 6.45) is 1.38. The van der Waals surface area contributed by atoms with E-state index in [1.165, 1.54) is 11.6 Å². The number of hydrogen-bond donors (Lipinski definition) is 1. The van der Waals surface area contributed by atoms with Crippen molar-refractivity contribution < 1.29 is 13.6 Å². The molecule has 24 heavy (non-hydrogen) atoms. The highest BCUT2D eigenvalue weighted by Gasteiger charge is 2.26. The number of rotatable bonds is 4. The summed E-state index contributed by atoms with van der Waals surface area (Å²) in [5.41, 5.74) is 0.892. The Morgan fingerprint density at radius 3 is 2.25 bits per heavy atom. The van der Waals surface area contributed by atoms with Crippen LogP contribution in [0.4, 0.5) is 14.5 Å². The minimum Gasteiger partial charge on any atom is -0.321 e. The van der Waals surface area contributed by atoms with Crippen LogP contribution in [0, 0.1) is 17.6 Å². The third-order valence-electron chi connectivity index (χ3n) is 4.42. The molecule has 3 nitrogen and oxygen atoms in total. The second kappa shape index (κ2) is 7.53. The Morgan fingerprint density at radius 1 is 1.00 bits per heavy atom. The van der Waals surface area contributed by atoms with Crippen LogP contribution in [-0.4, -0.2) is 23.9 Å². The molecule has 1 saturated heterocycles. The Morgan fingerprint density at radius 2 is 1.62 bits per heavy atom. The molecule has 0 aliphatic carbocycles. The van der Waals surface area contributed by atoms with Crippen LogP contribution < -0.4 is 5.32 Å². The molecule has 0 spiro atoms. The predicted octanol–water partition coefficient (Wildman–Crippen LogP) is 3.82. The fraction of sp³-hybridized carbons (Fsp3) is 0.316. The molecule has 0 radical (unpaired) electrons. The fourth-order valence-electron chi connectivity index (χ4n) is 3.04. The number of nitrogens with one attached hydrogen (secondary N) is 1. The molecule has 1 amide bonds. The van der Waals surface area contributed by atoms with Crippen molar-refractivity contribution in [3.05, 3.63) is 65.7 Å². The number of carbonyl (C=O) groups excluding carboxylic acids is 1. The van der Waals surface area contributed by atoms with Crippen LogP contribution in [0.2, 0.25) is 0 Å². The molecule has 3 rings (SSSR count). The lowest BCUT2D eigenvalue weighted by molar-refractivity contribution is -0.121. The zero-order valence-electron chi connectivity index (χ0n) is 13.3. The quantitative estimate of drug-likeness (QED) is 0.924. The Kier molecular flexibility index (Phi) is 5.20. The molecule has 0 unspecified atom stereocenters. The highest BCUT2D eigenvalue weighted by molar-refractivity contribution is 5.92. The normalized spacial score (nSPS) is 16.1. The van der Waals surface area contributed by atoms with Gasteiger partial charge in [-0.2, -0.15) is 0 Å². The standard InChI is InChI=1S/C19H20F2N2O/c20-16-7-4-8-17(21)18(16)22-19(24)15-9-11-23(12-10-15)13-14-5-2-1-3-6-14/h1-8,15H,9-13H2,(H,22,24). The molecule has 0 saturated carbocycles. The number of carbonyl (C=O) groups is 1. The van der Waals surface area contributed by atoms with Gasteiger partial charge in [0.15, 0.2) is 0 Å². The summed E-state index contributed by atoms with van der Waals surface area (Å²) >= 11 is 0. The van der Waals surface area contributed by atoms with Gasteiger partial charge in [-0.1, -0.05) is 36.4 Å².